The SMILES string of the molecule is CCC(C)(C)C(=O)O[C@H]1C[C@@H](C)C=C2C=C[C@H](C)[C@H](CC[C@@H](O)C[C@@H](O)CC(=O)NCCCCN=C(N)N)C21. The number of hydrogen-bond acceptors (Lipinski definition) is 6. The summed E-state index contributed by atoms with van der Waals surface area (Å²) in [5.41, 5.74) is 11.3. The summed E-state index contributed by atoms with van der Waals surface area (Å²) in [4.78, 5) is 29.0. The second-order valence-electron chi connectivity index (χ2n) is 12.2. The fourth-order valence-electron chi connectivity index (χ4n) is 5.52. The topological polar surface area (TPSA) is 160 Å². The van der Waals surface area contributed by atoms with Gasteiger partial charge in [0.05, 0.1) is 24.0 Å². The van der Waals surface area contributed by atoms with Crippen molar-refractivity contribution in [1.29, 1.82) is 0 Å². The van der Waals surface area contributed by atoms with Gasteiger partial charge in [-0.15, -0.1) is 0 Å². The van der Waals surface area contributed by atoms with Gasteiger partial charge in [-0.2, -0.15) is 0 Å². The molecule has 39 heavy (non-hydrogen) atoms. The number of rotatable bonds is 15. The Morgan fingerprint density at radius 3 is 2.59 bits per heavy atom. The highest BCUT2D eigenvalue weighted by molar-refractivity contribution is 5.76. The molecule has 1 amide bonds. The maximum absolute atomic E-state index is 13.0. The molecule has 9 nitrogen and oxygen atoms in total. The second kappa shape index (κ2) is 15.4. The summed E-state index contributed by atoms with van der Waals surface area (Å²) < 4.78 is 6.17. The molecule has 2 aliphatic carbocycles. The number of carbonyl (C=O) groups is 2. The minimum Gasteiger partial charge on any atom is -0.461 e. The van der Waals surface area contributed by atoms with Crippen LogP contribution in [0.3, 0.4) is 0 Å². The van der Waals surface area contributed by atoms with Gasteiger partial charge in [0.1, 0.15) is 6.10 Å². The molecule has 0 aromatic heterocycles. The number of aliphatic imine (C=N–C) groups is 1. The molecule has 0 aromatic carbocycles. The number of aliphatic hydroxyl groups is 2. The molecule has 0 bridgehead atoms. The van der Waals surface area contributed by atoms with Gasteiger partial charge >= 0.3 is 5.97 Å². The van der Waals surface area contributed by atoms with Gasteiger partial charge < -0.3 is 31.7 Å². The number of nitrogens with zero attached hydrogens (tertiary/aromatic N) is 1. The molecule has 0 aliphatic heterocycles. The van der Waals surface area contributed by atoms with Crippen molar-refractivity contribution in [2.45, 2.75) is 104 Å². The number of unbranched alkanes of at least 4 members (excludes halogenated alkanes) is 1. The number of carbonyl (C=O) groups excluding carboxylic acids is 2. The Labute approximate surface area is 234 Å². The van der Waals surface area contributed by atoms with E-state index in [0.717, 1.165) is 25.7 Å². The first-order chi connectivity index (χ1) is 18.3. The highest BCUT2D eigenvalue weighted by Gasteiger charge is 2.42. The lowest BCUT2D eigenvalue weighted by Crippen LogP contribution is -2.43. The van der Waals surface area contributed by atoms with Gasteiger partial charge in [-0.3, -0.25) is 14.6 Å². The van der Waals surface area contributed by atoms with Crippen LogP contribution >= 0.6 is 0 Å². The van der Waals surface area contributed by atoms with E-state index < -0.39 is 17.6 Å². The molecular weight excluding hydrogens is 496 g/mol. The van der Waals surface area contributed by atoms with Crippen LogP contribution in [0.1, 0.15) is 86.0 Å². The zero-order valence-electron chi connectivity index (χ0n) is 24.6. The van der Waals surface area contributed by atoms with Crippen molar-refractivity contribution < 1.29 is 24.5 Å². The standard InChI is InChI=1S/C30H52N4O5/c1-6-30(4,5)28(38)39-25-16-19(2)15-21-10-9-20(3)24(27(21)25)12-11-22(35)17-23(36)18-26(37)33-13-7-8-14-34-29(31)32/h9-10,15,19-20,22-25,27,35-36H,6-8,11-14,16-18H2,1-5H3,(H,33,37)(H4,31,32,34)/t19-,20-,22+,23+,24-,25-,27?/m0/s1. The Morgan fingerprint density at radius 2 is 1.92 bits per heavy atom. The Kier molecular flexibility index (Phi) is 13.0. The fraction of sp³-hybridized carbons (Fsp3) is 0.767. The number of aliphatic hydroxyl groups excluding tert-OH is 2. The van der Waals surface area contributed by atoms with Gasteiger partial charge in [0.2, 0.25) is 5.91 Å². The monoisotopic (exact) mass is 548 g/mol. The van der Waals surface area contributed by atoms with Crippen molar-refractivity contribution in [2.75, 3.05) is 13.1 Å². The first-order valence-electron chi connectivity index (χ1n) is 14.6. The molecule has 1 unspecified atom stereocenters. The minimum atomic E-state index is -0.915. The normalized spacial score (nSPS) is 26.1. The number of fused-ring (bicyclic) bond motifs is 1. The van der Waals surface area contributed by atoms with Gasteiger partial charge in [-0.05, 0) is 82.1 Å². The average Bonchev–Trinajstić information content (AvgIpc) is 2.85. The molecule has 7 atom stereocenters. The summed E-state index contributed by atoms with van der Waals surface area (Å²) in [7, 11) is 0. The zero-order chi connectivity index (χ0) is 29.2. The first kappa shape index (κ1) is 32.8. The molecule has 0 saturated carbocycles. The van der Waals surface area contributed by atoms with Crippen molar-refractivity contribution in [2.24, 2.45) is 45.5 Å². The lowest BCUT2D eigenvalue weighted by molar-refractivity contribution is -0.164. The molecule has 2 rings (SSSR count). The molecule has 0 spiro atoms. The molecule has 0 fully saturated rings. The fourth-order valence-corrected chi connectivity index (χ4v) is 5.52. The van der Waals surface area contributed by atoms with Gasteiger partial charge in [-0.25, -0.2) is 0 Å². The van der Waals surface area contributed by atoms with Crippen LogP contribution in [0.15, 0.2) is 28.8 Å². The molecule has 0 saturated heterocycles. The molecule has 9 heteroatoms. The van der Waals surface area contributed by atoms with Gasteiger partial charge in [-0.1, -0.05) is 39.0 Å². The predicted molar refractivity (Wildman–Crippen MR) is 155 cm³/mol. The largest absolute Gasteiger partial charge is 0.461 e. The van der Waals surface area contributed by atoms with E-state index >= 15 is 0 Å². The van der Waals surface area contributed by atoms with E-state index in [9.17, 15) is 19.8 Å². The van der Waals surface area contributed by atoms with Crippen LogP contribution < -0.4 is 16.8 Å². The maximum atomic E-state index is 13.0. The van der Waals surface area contributed by atoms with Crippen LogP contribution in [0.5, 0.6) is 0 Å². The minimum absolute atomic E-state index is 0.0494. The van der Waals surface area contributed by atoms with Crippen LogP contribution in [0.4, 0.5) is 0 Å². The molecule has 0 radical (unpaired) electrons. The Hall–Kier alpha value is -2.39. The maximum Gasteiger partial charge on any atom is 0.311 e. The van der Waals surface area contributed by atoms with Crippen molar-refractivity contribution >= 4 is 17.8 Å². The quantitative estimate of drug-likeness (QED) is 0.0909. The van der Waals surface area contributed by atoms with Gasteiger partial charge in [0.25, 0.3) is 0 Å². The van der Waals surface area contributed by atoms with E-state index in [2.05, 4.69) is 42.4 Å². The number of ether oxygens (including phenoxy) is 1. The van der Waals surface area contributed by atoms with Gasteiger partial charge in [0, 0.05) is 19.0 Å². The Morgan fingerprint density at radius 1 is 1.21 bits per heavy atom. The molecule has 0 heterocycles. The highest BCUT2D eigenvalue weighted by Crippen LogP contribution is 2.45. The predicted octanol–water partition coefficient (Wildman–Crippen LogP) is 3.19. The first-order valence-corrected chi connectivity index (χ1v) is 14.6. The number of nitrogens with one attached hydrogen (secondary N) is 1. The summed E-state index contributed by atoms with van der Waals surface area (Å²) in [6.45, 7) is 11.2. The van der Waals surface area contributed by atoms with Gasteiger partial charge in [0.15, 0.2) is 5.96 Å². The second-order valence-corrected chi connectivity index (χ2v) is 12.2. The van der Waals surface area contributed by atoms with Crippen molar-refractivity contribution in [3.63, 3.8) is 0 Å². The number of amides is 1. The zero-order valence-corrected chi connectivity index (χ0v) is 24.6. The summed E-state index contributed by atoms with van der Waals surface area (Å²) in [6, 6.07) is 0. The van der Waals surface area contributed by atoms with E-state index in [1.54, 1.807) is 0 Å². The highest BCUT2D eigenvalue weighted by atomic mass is 16.5. The lowest BCUT2D eigenvalue weighted by Gasteiger charge is -2.44. The van der Waals surface area contributed by atoms with E-state index in [1.807, 2.05) is 20.8 Å². The number of guanidine groups is 1. The van der Waals surface area contributed by atoms with Crippen LogP contribution in [0.2, 0.25) is 0 Å². The lowest BCUT2D eigenvalue weighted by atomic mass is 9.65. The number of hydrogen-bond donors (Lipinski definition) is 5. The Bertz CT molecular complexity index is 896. The van der Waals surface area contributed by atoms with Crippen LogP contribution in [0.25, 0.3) is 0 Å². The average molecular weight is 549 g/mol. The smallest absolute Gasteiger partial charge is 0.311 e. The summed E-state index contributed by atoms with van der Waals surface area (Å²) in [5, 5.41) is 23.9. The number of nitrogens with two attached hydrogens (primary N) is 2. The van der Waals surface area contributed by atoms with E-state index in [0.29, 0.717) is 31.8 Å². The van der Waals surface area contributed by atoms with E-state index in [1.165, 1.54) is 5.57 Å². The molecule has 222 valence electrons. The van der Waals surface area contributed by atoms with Crippen LogP contribution in [0, 0.1) is 29.1 Å². The van der Waals surface area contributed by atoms with Crippen LogP contribution in [-0.2, 0) is 14.3 Å². The summed E-state index contributed by atoms with van der Waals surface area (Å²) in [5.74, 6) is 0.559. The number of allylic oxidation sites excluding steroid dienone is 3. The third kappa shape index (κ3) is 10.6. The molecule has 0 aromatic rings. The van der Waals surface area contributed by atoms with Crippen molar-refractivity contribution in [1.82, 2.24) is 5.32 Å². The summed E-state index contributed by atoms with van der Waals surface area (Å²) >= 11 is 0. The molecule has 2 aliphatic rings. The molecular formula is C30H52N4O5. The van der Waals surface area contributed by atoms with Crippen molar-refractivity contribution in [3.8, 4) is 0 Å². The summed E-state index contributed by atoms with van der Waals surface area (Å²) in [6.07, 6.45) is 9.17. The van der Waals surface area contributed by atoms with E-state index in [4.69, 9.17) is 16.2 Å². The van der Waals surface area contributed by atoms with Crippen molar-refractivity contribution in [3.05, 3.63) is 23.8 Å². The Balaban J connectivity index is 1.88. The van der Waals surface area contributed by atoms with Crippen LogP contribution in [-0.4, -0.2) is 59.5 Å². The molecule has 7 N–H and O–H groups in total. The van der Waals surface area contributed by atoms with E-state index in [-0.39, 0.29) is 54.5 Å². The third-order valence-corrected chi connectivity index (χ3v) is 8.29. The third-order valence-electron chi connectivity index (χ3n) is 8.29. The number of esters is 1.